The highest BCUT2D eigenvalue weighted by Crippen LogP contribution is 2.22. The van der Waals surface area contributed by atoms with Crippen LogP contribution in [-0.2, 0) is 33.8 Å². The number of nitrogens with zero attached hydrogens (tertiary/aromatic N) is 5. The van der Waals surface area contributed by atoms with Crippen molar-refractivity contribution in [2.24, 2.45) is 0 Å². The van der Waals surface area contributed by atoms with Gasteiger partial charge in [0.15, 0.2) is 5.82 Å². The van der Waals surface area contributed by atoms with Crippen LogP contribution in [0.2, 0.25) is 0 Å². The monoisotopic (exact) mass is 491 g/mol. The maximum absolute atomic E-state index is 12.8. The number of carbonyl (C=O) groups excluding carboxylic acids is 2. The lowest BCUT2D eigenvalue weighted by Crippen LogP contribution is -2.50. The molecule has 0 unspecified atom stereocenters. The Morgan fingerprint density at radius 3 is 2.11 bits per heavy atom. The molecule has 2 heterocycles. The lowest BCUT2D eigenvalue weighted by molar-refractivity contribution is -0.144. The third-order valence-electron chi connectivity index (χ3n) is 5.78. The molecule has 2 aromatic carbocycles. The smallest absolute Gasteiger partial charge is 0.410 e. The molecule has 9 nitrogen and oxygen atoms in total. The van der Waals surface area contributed by atoms with E-state index in [-0.39, 0.29) is 25.1 Å². The molecular weight excluding hydrogens is 458 g/mol. The molecule has 36 heavy (non-hydrogen) atoms. The number of amides is 1. The molecule has 0 atom stereocenters. The van der Waals surface area contributed by atoms with Gasteiger partial charge >= 0.3 is 12.1 Å². The van der Waals surface area contributed by atoms with Crippen LogP contribution in [-0.4, -0.2) is 63.7 Å². The van der Waals surface area contributed by atoms with Gasteiger partial charge in [0, 0.05) is 26.2 Å². The van der Waals surface area contributed by atoms with Gasteiger partial charge in [-0.2, -0.15) is 0 Å². The maximum Gasteiger partial charge on any atom is 0.410 e. The summed E-state index contributed by atoms with van der Waals surface area (Å²) in [7, 11) is 0. The normalized spacial score (nSPS) is 14.0. The van der Waals surface area contributed by atoms with Crippen molar-refractivity contribution in [2.45, 2.75) is 45.9 Å². The number of anilines is 1. The number of ether oxygens (including phenoxy) is 2. The Hall–Kier alpha value is -3.88. The minimum Gasteiger partial charge on any atom is -0.461 e. The van der Waals surface area contributed by atoms with E-state index in [1.807, 2.05) is 81.4 Å². The van der Waals surface area contributed by atoms with Crippen LogP contribution in [0.25, 0.3) is 0 Å². The van der Waals surface area contributed by atoms with Crippen LogP contribution in [0.1, 0.15) is 37.6 Å². The van der Waals surface area contributed by atoms with E-state index < -0.39 is 5.60 Å². The summed E-state index contributed by atoms with van der Waals surface area (Å²) in [6.07, 6.45) is -0.270. The summed E-state index contributed by atoms with van der Waals surface area (Å²) < 4.78 is 12.8. The van der Waals surface area contributed by atoms with Crippen LogP contribution < -0.4 is 4.90 Å². The summed E-state index contributed by atoms with van der Waals surface area (Å²) in [4.78, 5) is 29.0. The van der Waals surface area contributed by atoms with Gasteiger partial charge in [0.2, 0.25) is 0 Å². The van der Waals surface area contributed by atoms with Crippen LogP contribution in [0.5, 0.6) is 0 Å². The summed E-state index contributed by atoms with van der Waals surface area (Å²) in [6, 6.07) is 19.5. The Bertz CT molecular complexity index is 1150. The number of hydrogen-bond acceptors (Lipinski definition) is 7. The molecule has 1 aromatic heterocycles. The predicted molar refractivity (Wildman–Crippen MR) is 136 cm³/mol. The molecule has 0 spiro atoms. The lowest BCUT2D eigenvalue weighted by atomic mass is 10.2. The number of hydrogen-bond donors (Lipinski definition) is 0. The van der Waals surface area contributed by atoms with Crippen LogP contribution >= 0.6 is 0 Å². The Balaban J connectivity index is 1.47. The molecule has 1 saturated heterocycles. The Morgan fingerprint density at radius 2 is 1.50 bits per heavy atom. The van der Waals surface area contributed by atoms with E-state index >= 15 is 0 Å². The molecule has 190 valence electrons. The van der Waals surface area contributed by atoms with Gasteiger partial charge in [-0.05, 0) is 31.9 Å². The Morgan fingerprint density at radius 1 is 0.889 bits per heavy atom. The fourth-order valence-electron chi connectivity index (χ4n) is 3.98. The molecule has 1 amide bonds. The second-order valence-electron chi connectivity index (χ2n) is 9.78. The molecule has 3 aromatic rings. The standard InChI is InChI=1S/C27H33N5O4/c1-27(2,3)36-26(34)31-16-14-30(15-17-31)25-23(18-24(33)35-20-22-12-8-5-9-13-22)32(29-28-25)19-21-10-6-4-7-11-21/h4-13H,14-20H2,1-3H3. The van der Waals surface area contributed by atoms with E-state index in [1.165, 1.54) is 0 Å². The van der Waals surface area contributed by atoms with Crippen LogP contribution in [0, 0.1) is 0 Å². The molecule has 0 radical (unpaired) electrons. The zero-order chi connectivity index (χ0) is 25.5. The van der Waals surface area contributed by atoms with Crippen LogP contribution in [0.15, 0.2) is 60.7 Å². The molecule has 9 heteroatoms. The van der Waals surface area contributed by atoms with Gasteiger partial charge < -0.3 is 19.3 Å². The molecule has 0 aliphatic carbocycles. The highest BCUT2D eigenvalue weighted by Gasteiger charge is 2.29. The second kappa shape index (κ2) is 11.2. The van der Waals surface area contributed by atoms with Crippen molar-refractivity contribution in [1.29, 1.82) is 0 Å². The summed E-state index contributed by atoms with van der Waals surface area (Å²) >= 11 is 0. The Kier molecular flexibility index (Phi) is 7.87. The summed E-state index contributed by atoms with van der Waals surface area (Å²) in [6.45, 7) is 8.40. The molecule has 1 fully saturated rings. The van der Waals surface area contributed by atoms with E-state index in [0.717, 1.165) is 11.1 Å². The number of carbonyl (C=O) groups is 2. The summed E-state index contributed by atoms with van der Waals surface area (Å²) in [5.74, 6) is 0.301. The lowest BCUT2D eigenvalue weighted by Gasteiger charge is -2.35. The van der Waals surface area contributed by atoms with E-state index in [4.69, 9.17) is 9.47 Å². The SMILES string of the molecule is CC(C)(C)OC(=O)N1CCN(c2nnn(Cc3ccccc3)c2CC(=O)OCc2ccccc2)CC1. The van der Waals surface area contributed by atoms with Crippen molar-refractivity contribution < 1.29 is 19.1 Å². The van der Waals surface area contributed by atoms with Gasteiger partial charge in [0.25, 0.3) is 0 Å². The third-order valence-corrected chi connectivity index (χ3v) is 5.78. The van der Waals surface area contributed by atoms with Crippen molar-refractivity contribution in [2.75, 3.05) is 31.1 Å². The number of rotatable bonds is 7. The zero-order valence-corrected chi connectivity index (χ0v) is 21.1. The Labute approximate surface area is 211 Å². The first-order valence-corrected chi connectivity index (χ1v) is 12.2. The molecule has 0 N–H and O–H groups in total. The zero-order valence-electron chi connectivity index (χ0n) is 21.1. The van der Waals surface area contributed by atoms with Crippen LogP contribution in [0.3, 0.4) is 0 Å². The largest absolute Gasteiger partial charge is 0.461 e. The summed E-state index contributed by atoms with van der Waals surface area (Å²) in [5, 5.41) is 8.81. The highest BCUT2D eigenvalue weighted by atomic mass is 16.6. The number of benzene rings is 2. The van der Waals surface area contributed by atoms with Gasteiger partial charge in [-0.1, -0.05) is 65.9 Å². The minimum absolute atomic E-state index is 0.0499. The highest BCUT2D eigenvalue weighted by molar-refractivity contribution is 5.74. The molecule has 0 saturated carbocycles. The molecular formula is C27H33N5O4. The van der Waals surface area contributed by atoms with Gasteiger partial charge in [-0.3, -0.25) is 4.79 Å². The third kappa shape index (κ3) is 6.84. The van der Waals surface area contributed by atoms with Crippen molar-refractivity contribution in [1.82, 2.24) is 19.9 Å². The van der Waals surface area contributed by atoms with Gasteiger partial charge in [0.1, 0.15) is 12.2 Å². The van der Waals surface area contributed by atoms with Crippen molar-refractivity contribution in [3.8, 4) is 0 Å². The average molecular weight is 492 g/mol. The summed E-state index contributed by atoms with van der Waals surface area (Å²) in [5.41, 5.74) is 2.15. The van der Waals surface area contributed by atoms with Crippen molar-refractivity contribution in [3.63, 3.8) is 0 Å². The fourth-order valence-corrected chi connectivity index (χ4v) is 3.98. The van der Waals surface area contributed by atoms with E-state index in [0.29, 0.717) is 44.2 Å². The minimum atomic E-state index is -0.540. The fraction of sp³-hybridized carbons (Fsp3) is 0.407. The second-order valence-corrected chi connectivity index (χ2v) is 9.78. The molecule has 4 rings (SSSR count). The van der Waals surface area contributed by atoms with Gasteiger partial charge in [-0.15, -0.1) is 5.10 Å². The average Bonchev–Trinajstić information content (AvgIpc) is 3.25. The van der Waals surface area contributed by atoms with E-state index in [2.05, 4.69) is 15.2 Å². The first-order chi connectivity index (χ1) is 17.3. The number of esters is 1. The van der Waals surface area contributed by atoms with E-state index in [9.17, 15) is 9.59 Å². The molecule has 1 aliphatic rings. The quantitative estimate of drug-likeness (QED) is 0.466. The molecule has 0 bridgehead atoms. The van der Waals surface area contributed by atoms with Gasteiger partial charge in [0.05, 0.1) is 18.7 Å². The maximum atomic E-state index is 12.8. The van der Waals surface area contributed by atoms with Crippen molar-refractivity contribution >= 4 is 17.9 Å². The predicted octanol–water partition coefficient (Wildman–Crippen LogP) is 3.67. The van der Waals surface area contributed by atoms with E-state index in [1.54, 1.807) is 9.58 Å². The number of aromatic nitrogens is 3. The first kappa shape index (κ1) is 25.2. The molecule has 1 aliphatic heterocycles. The number of piperazine rings is 1. The topological polar surface area (TPSA) is 89.8 Å². The van der Waals surface area contributed by atoms with Crippen LogP contribution in [0.4, 0.5) is 10.6 Å². The van der Waals surface area contributed by atoms with Gasteiger partial charge in [-0.25, -0.2) is 9.48 Å². The first-order valence-electron chi connectivity index (χ1n) is 12.2. The van der Waals surface area contributed by atoms with Crippen molar-refractivity contribution in [3.05, 3.63) is 77.5 Å².